The molecule has 0 saturated carbocycles. The van der Waals surface area contributed by atoms with Crippen molar-refractivity contribution in [3.8, 4) is 17.2 Å². The van der Waals surface area contributed by atoms with Gasteiger partial charge < -0.3 is 14.2 Å². The zero-order valence-corrected chi connectivity index (χ0v) is 20.4. The molecular weight excluding hydrogens is 476 g/mol. The van der Waals surface area contributed by atoms with Gasteiger partial charge in [0.2, 0.25) is 0 Å². The summed E-state index contributed by atoms with van der Waals surface area (Å²) in [5.74, 6) is 1.52. The predicted molar refractivity (Wildman–Crippen MR) is 141 cm³/mol. The SMILES string of the molecule is COc1cc(/C=N/NC(=O)c2ccc(OCc3ccccc3)cc2)ccc1OCc1ccc(Cl)cc1. The molecule has 0 bridgehead atoms. The second kappa shape index (κ2) is 12.4. The Kier molecular flexibility index (Phi) is 8.57. The number of hydrogen-bond donors (Lipinski definition) is 1. The molecule has 0 aliphatic heterocycles. The first-order valence-electron chi connectivity index (χ1n) is 11.3. The molecule has 0 heterocycles. The van der Waals surface area contributed by atoms with E-state index in [9.17, 15) is 4.79 Å². The molecule has 0 radical (unpaired) electrons. The van der Waals surface area contributed by atoms with Crippen LogP contribution in [0.4, 0.5) is 0 Å². The number of ether oxygens (including phenoxy) is 3. The van der Waals surface area contributed by atoms with Gasteiger partial charge in [0.05, 0.1) is 13.3 Å². The van der Waals surface area contributed by atoms with Crippen molar-refractivity contribution >= 4 is 23.7 Å². The Bertz CT molecular complexity index is 1310. The maximum atomic E-state index is 12.4. The van der Waals surface area contributed by atoms with E-state index < -0.39 is 0 Å². The number of methoxy groups -OCH3 is 1. The summed E-state index contributed by atoms with van der Waals surface area (Å²) in [6, 6.07) is 29.7. The van der Waals surface area contributed by atoms with Gasteiger partial charge in [-0.25, -0.2) is 5.43 Å². The van der Waals surface area contributed by atoms with Crippen LogP contribution in [0.15, 0.2) is 102 Å². The van der Waals surface area contributed by atoms with E-state index in [1.165, 1.54) is 0 Å². The maximum Gasteiger partial charge on any atom is 0.271 e. The molecule has 7 heteroatoms. The Morgan fingerprint density at radius 1 is 0.833 bits per heavy atom. The van der Waals surface area contributed by atoms with Gasteiger partial charge >= 0.3 is 0 Å². The molecule has 0 atom stereocenters. The van der Waals surface area contributed by atoms with E-state index in [-0.39, 0.29) is 5.91 Å². The predicted octanol–water partition coefficient (Wildman–Crippen LogP) is 6.27. The van der Waals surface area contributed by atoms with Gasteiger partial charge in [-0.15, -0.1) is 0 Å². The minimum absolute atomic E-state index is 0.323. The van der Waals surface area contributed by atoms with Crippen molar-refractivity contribution in [1.29, 1.82) is 0 Å². The Morgan fingerprint density at radius 3 is 2.25 bits per heavy atom. The molecule has 0 aliphatic carbocycles. The minimum atomic E-state index is -0.323. The lowest BCUT2D eigenvalue weighted by Crippen LogP contribution is -2.17. The molecule has 4 aromatic carbocycles. The molecule has 6 nitrogen and oxygen atoms in total. The van der Waals surface area contributed by atoms with Gasteiger partial charge in [0.1, 0.15) is 19.0 Å². The number of amides is 1. The van der Waals surface area contributed by atoms with Gasteiger partial charge in [-0.05, 0) is 71.3 Å². The number of carbonyl (C=O) groups is 1. The molecule has 182 valence electrons. The fraction of sp³-hybridized carbons (Fsp3) is 0.103. The number of benzene rings is 4. The first kappa shape index (κ1) is 24.8. The fourth-order valence-electron chi connectivity index (χ4n) is 3.30. The summed E-state index contributed by atoms with van der Waals surface area (Å²) in [5, 5.41) is 4.74. The molecule has 1 amide bonds. The van der Waals surface area contributed by atoms with E-state index in [0.717, 1.165) is 16.7 Å². The van der Waals surface area contributed by atoms with Crippen LogP contribution in [0.2, 0.25) is 5.02 Å². The van der Waals surface area contributed by atoms with Gasteiger partial charge in [-0.2, -0.15) is 5.10 Å². The highest BCUT2D eigenvalue weighted by atomic mass is 35.5. The Morgan fingerprint density at radius 2 is 1.53 bits per heavy atom. The molecule has 0 fully saturated rings. The molecule has 0 unspecified atom stereocenters. The molecule has 4 aromatic rings. The lowest BCUT2D eigenvalue weighted by molar-refractivity contribution is 0.0955. The van der Waals surface area contributed by atoms with E-state index in [4.69, 9.17) is 25.8 Å². The molecule has 1 N–H and O–H groups in total. The van der Waals surface area contributed by atoms with Crippen molar-refractivity contribution in [3.63, 3.8) is 0 Å². The smallest absolute Gasteiger partial charge is 0.271 e. The van der Waals surface area contributed by atoms with Crippen LogP contribution in [-0.2, 0) is 13.2 Å². The highest BCUT2D eigenvalue weighted by Crippen LogP contribution is 2.28. The monoisotopic (exact) mass is 500 g/mol. The van der Waals surface area contributed by atoms with Crippen LogP contribution in [0.1, 0.15) is 27.0 Å². The van der Waals surface area contributed by atoms with E-state index >= 15 is 0 Å². The van der Waals surface area contributed by atoms with Crippen molar-refractivity contribution in [2.24, 2.45) is 5.10 Å². The number of hydrazone groups is 1. The van der Waals surface area contributed by atoms with E-state index in [1.54, 1.807) is 49.7 Å². The van der Waals surface area contributed by atoms with Gasteiger partial charge in [0, 0.05) is 10.6 Å². The summed E-state index contributed by atoms with van der Waals surface area (Å²) in [5.41, 5.74) is 5.82. The quantitative estimate of drug-likeness (QED) is 0.206. The Balaban J connectivity index is 1.29. The van der Waals surface area contributed by atoms with Crippen molar-refractivity contribution in [2.75, 3.05) is 7.11 Å². The number of rotatable bonds is 10. The number of carbonyl (C=O) groups excluding carboxylic acids is 1. The van der Waals surface area contributed by atoms with Crippen LogP contribution in [0.3, 0.4) is 0 Å². The molecule has 0 aromatic heterocycles. The minimum Gasteiger partial charge on any atom is -0.493 e. The third kappa shape index (κ3) is 7.10. The van der Waals surface area contributed by atoms with Crippen molar-refractivity contribution in [1.82, 2.24) is 5.43 Å². The summed E-state index contributed by atoms with van der Waals surface area (Å²) in [7, 11) is 1.57. The molecule has 0 aliphatic rings. The number of hydrogen-bond acceptors (Lipinski definition) is 5. The van der Waals surface area contributed by atoms with Crippen LogP contribution in [0, 0.1) is 0 Å². The first-order valence-corrected chi connectivity index (χ1v) is 11.6. The topological polar surface area (TPSA) is 69.2 Å². The molecule has 4 rings (SSSR count). The largest absolute Gasteiger partial charge is 0.493 e. The Hall–Kier alpha value is -4.29. The second-order valence-corrected chi connectivity index (χ2v) is 8.26. The van der Waals surface area contributed by atoms with E-state index in [1.807, 2.05) is 60.7 Å². The van der Waals surface area contributed by atoms with Crippen LogP contribution >= 0.6 is 11.6 Å². The summed E-state index contributed by atoms with van der Waals surface area (Å²) < 4.78 is 17.1. The van der Waals surface area contributed by atoms with Gasteiger partial charge in [0.25, 0.3) is 5.91 Å². The molecular formula is C29H25ClN2O4. The van der Waals surface area contributed by atoms with Crippen molar-refractivity contribution in [2.45, 2.75) is 13.2 Å². The third-order valence-corrected chi connectivity index (χ3v) is 5.49. The third-order valence-electron chi connectivity index (χ3n) is 5.24. The van der Waals surface area contributed by atoms with E-state index in [2.05, 4.69) is 10.5 Å². The second-order valence-electron chi connectivity index (χ2n) is 7.82. The summed E-state index contributed by atoms with van der Waals surface area (Å²) >= 11 is 5.92. The number of halogens is 1. The lowest BCUT2D eigenvalue weighted by atomic mass is 10.2. The van der Waals surface area contributed by atoms with Crippen LogP contribution < -0.4 is 19.6 Å². The summed E-state index contributed by atoms with van der Waals surface area (Å²) in [4.78, 5) is 12.4. The van der Waals surface area contributed by atoms with Crippen molar-refractivity contribution in [3.05, 3.63) is 124 Å². The highest BCUT2D eigenvalue weighted by molar-refractivity contribution is 6.30. The van der Waals surface area contributed by atoms with Crippen LogP contribution in [-0.4, -0.2) is 19.2 Å². The zero-order chi connectivity index (χ0) is 25.2. The first-order chi connectivity index (χ1) is 17.6. The maximum absolute atomic E-state index is 12.4. The van der Waals surface area contributed by atoms with Crippen LogP contribution in [0.5, 0.6) is 17.2 Å². The average molecular weight is 501 g/mol. The van der Waals surface area contributed by atoms with Crippen molar-refractivity contribution < 1.29 is 19.0 Å². The number of nitrogens with zero attached hydrogens (tertiary/aromatic N) is 1. The molecule has 0 saturated heterocycles. The summed E-state index contributed by atoms with van der Waals surface area (Å²) in [6.07, 6.45) is 1.54. The van der Waals surface area contributed by atoms with Gasteiger partial charge in [-0.3, -0.25) is 4.79 Å². The van der Waals surface area contributed by atoms with E-state index in [0.29, 0.717) is 41.0 Å². The lowest BCUT2D eigenvalue weighted by Gasteiger charge is -2.11. The number of nitrogens with one attached hydrogen (secondary N) is 1. The Labute approximate surface area is 215 Å². The fourth-order valence-corrected chi connectivity index (χ4v) is 3.42. The normalized spacial score (nSPS) is 10.7. The zero-order valence-electron chi connectivity index (χ0n) is 19.7. The summed E-state index contributed by atoms with van der Waals surface area (Å²) in [6.45, 7) is 0.845. The van der Waals surface area contributed by atoms with Crippen LogP contribution in [0.25, 0.3) is 0 Å². The standard InChI is InChI=1S/C29H25ClN2O4/c1-34-28-17-23(9-16-27(28)36-20-22-7-12-25(30)13-8-22)18-31-32-29(33)24-10-14-26(15-11-24)35-19-21-5-3-2-4-6-21/h2-18H,19-20H2,1H3,(H,32,33)/b31-18+. The average Bonchev–Trinajstić information content (AvgIpc) is 2.92. The highest BCUT2D eigenvalue weighted by Gasteiger charge is 2.07. The molecule has 0 spiro atoms. The van der Waals surface area contributed by atoms with Gasteiger partial charge in [0.15, 0.2) is 11.5 Å². The van der Waals surface area contributed by atoms with Gasteiger partial charge in [-0.1, -0.05) is 54.1 Å². The molecule has 36 heavy (non-hydrogen) atoms.